The van der Waals surface area contributed by atoms with E-state index in [0.29, 0.717) is 11.8 Å². The average Bonchev–Trinajstić information content (AvgIpc) is 3.34. The van der Waals surface area contributed by atoms with Crippen LogP contribution in [0, 0.1) is 23.2 Å². The molecule has 4 heteroatoms. The molecule has 0 N–H and O–H groups in total. The largest absolute Gasteiger partial charge is 0.462 e. The number of carbonyl (C=O) groups excluding carboxylic acids is 1. The molecule has 1 spiro atoms. The summed E-state index contributed by atoms with van der Waals surface area (Å²) in [6.07, 6.45) is 5.94. The minimum atomic E-state index is 0.00555. The van der Waals surface area contributed by atoms with Crippen LogP contribution in [0.2, 0.25) is 0 Å². The van der Waals surface area contributed by atoms with Gasteiger partial charge >= 0.3 is 5.97 Å². The van der Waals surface area contributed by atoms with Crippen molar-refractivity contribution >= 4 is 5.97 Å². The van der Waals surface area contributed by atoms with E-state index in [1.807, 2.05) is 6.07 Å². The molecule has 4 nitrogen and oxygen atoms in total. The van der Waals surface area contributed by atoms with Crippen molar-refractivity contribution in [3.63, 3.8) is 0 Å². The molecular weight excluding hydrogens is 338 g/mol. The van der Waals surface area contributed by atoms with Crippen LogP contribution in [-0.2, 0) is 20.8 Å². The highest BCUT2D eigenvalue weighted by atomic mass is 16.6. The Labute approximate surface area is 162 Å². The van der Waals surface area contributed by atoms with E-state index >= 15 is 0 Å². The monoisotopic (exact) mass is 369 g/mol. The first-order chi connectivity index (χ1) is 13.0. The molecule has 1 aromatic carbocycles. The molecule has 0 aromatic heterocycles. The van der Waals surface area contributed by atoms with E-state index in [0.717, 1.165) is 32.5 Å². The van der Waals surface area contributed by atoms with Crippen molar-refractivity contribution in [3.8, 4) is 0 Å². The van der Waals surface area contributed by atoms with Gasteiger partial charge in [0.05, 0.1) is 18.1 Å². The Morgan fingerprint density at radius 3 is 2.74 bits per heavy atom. The smallest absolute Gasteiger partial charge is 0.310 e. The highest BCUT2D eigenvalue weighted by Gasteiger charge is 2.65. The van der Waals surface area contributed by atoms with Crippen LogP contribution in [0.25, 0.3) is 0 Å². The fraction of sp³-hybridized carbons (Fsp3) is 0.696. The van der Waals surface area contributed by atoms with Gasteiger partial charge in [-0.3, -0.25) is 4.79 Å². The quantitative estimate of drug-likeness (QED) is 0.600. The van der Waals surface area contributed by atoms with E-state index in [9.17, 15) is 4.79 Å². The maximum atomic E-state index is 12.7. The van der Waals surface area contributed by atoms with Crippen LogP contribution in [-0.4, -0.2) is 42.8 Å². The second-order valence-corrected chi connectivity index (χ2v) is 9.78. The summed E-state index contributed by atoms with van der Waals surface area (Å²) in [5.41, 5.74) is 1.70. The van der Waals surface area contributed by atoms with Gasteiger partial charge in [-0.2, -0.15) is 0 Å². The molecular formula is C23H31NO3. The van der Waals surface area contributed by atoms with Crippen LogP contribution in [0.3, 0.4) is 0 Å². The van der Waals surface area contributed by atoms with Gasteiger partial charge in [0, 0.05) is 19.0 Å². The van der Waals surface area contributed by atoms with Crippen LogP contribution in [0.15, 0.2) is 30.3 Å². The number of carbonyl (C=O) groups is 1. The zero-order valence-electron chi connectivity index (χ0n) is 16.5. The number of nitrogens with zero attached hydrogens (tertiary/aromatic N) is 1. The van der Waals surface area contributed by atoms with E-state index in [1.165, 1.54) is 24.8 Å². The molecule has 2 saturated heterocycles. The number of rotatable bonds is 4. The molecule has 5 rings (SSSR count). The van der Waals surface area contributed by atoms with Crippen molar-refractivity contribution in [3.05, 3.63) is 35.9 Å². The molecule has 4 fully saturated rings. The van der Waals surface area contributed by atoms with Gasteiger partial charge in [-0.25, -0.2) is 0 Å². The van der Waals surface area contributed by atoms with Gasteiger partial charge in [-0.1, -0.05) is 37.3 Å². The summed E-state index contributed by atoms with van der Waals surface area (Å²) in [6.45, 7) is 5.00. The summed E-state index contributed by atoms with van der Waals surface area (Å²) in [5.74, 6) is 0.980. The first-order valence-corrected chi connectivity index (χ1v) is 10.6. The zero-order valence-corrected chi connectivity index (χ0v) is 16.5. The van der Waals surface area contributed by atoms with Crippen molar-refractivity contribution in [2.45, 2.75) is 57.3 Å². The SMILES string of the molecule is CN(Cc1ccccc1)C[C@@H]1C(=O)O[C@@H]2C[C@@]3(C)CCC[C@]4(CO4)[C@@H]3C[C@H]12. The Morgan fingerprint density at radius 1 is 1.22 bits per heavy atom. The van der Waals surface area contributed by atoms with E-state index in [-0.39, 0.29) is 29.0 Å². The number of hydrogen-bond donors (Lipinski definition) is 0. The fourth-order valence-corrected chi connectivity index (χ4v) is 6.46. The van der Waals surface area contributed by atoms with Crippen LogP contribution >= 0.6 is 0 Å². The van der Waals surface area contributed by atoms with E-state index in [2.05, 4.69) is 43.1 Å². The van der Waals surface area contributed by atoms with Crippen molar-refractivity contribution in [1.82, 2.24) is 4.90 Å². The summed E-state index contributed by atoms with van der Waals surface area (Å²) in [7, 11) is 2.12. The second-order valence-electron chi connectivity index (χ2n) is 9.78. The Morgan fingerprint density at radius 2 is 2.00 bits per heavy atom. The average molecular weight is 370 g/mol. The maximum Gasteiger partial charge on any atom is 0.310 e. The molecule has 2 aliphatic carbocycles. The minimum Gasteiger partial charge on any atom is -0.462 e. The van der Waals surface area contributed by atoms with E-state index < -0.39 is 0 Å². The van der Waals surface area contributed by atoms with Gasteiger partial charge < -0.3 is 14.4 Å². The lowest BCUT2D eigenvalue weighted by Crippen LogP contribution is -2.51. The van der Waals surface area contributed by atoms with Gasteiger partial charge in [0.1, 0.15) is 6.10 Å². The Kier molecular flexibility index (Phi) is 4.14. The van der Waals surface area contributed by atoms with Gasteiger partial charge in [0.15, 0.2) is 0 Å². The topological polar surface area (TPSA) is 42.1 Å². The third-order valence-electron chi connectivity index (χ3n) is 7.88. The third-order valence-corrected chi connectivity index (χ3v) is 7.88. The van der Waals surface area contributed by atoms with Crippen LogP contribution in [0.1, 0.15) is 44.6 Å². The fourth-order valence-electron chi connectivity index (χ4n) is 6.46. The standard InChI is InChI=1S/C23H31NO3/c1-22-9-6-10-23(15-26-23)20(22)11-17-18(21(25)27-19(17)12-22)14-24(2)13-16-7-4-3-5-8-16/h3-5,7-8,17-20H,6,9-15H2,1-2H3/t17-,18+,19-,20-,22-,23+/m1/s1. The minimum absolute atomic E-state index is 0.00555. The molecule has 6 atom stereocenters. The predicted octanol–water partition coefficient (Wildman–Crippen LogP) is 3.65. The number of ether oxygens (including phenoxy) is 2. The molecule has 0 unspecified atom stereocenters. The molecule has 146 valence electrons. The molecule has 4 aliphatic rings. The molecule has 0 bridgehead atoms. The summed E-state index contributed by atoms with van der Waals surface area (Å²) in [5, 5.41) is 0. The molecule has 2 aliphatic heterocycles. The summed E-state index contributed by atoms with van der Waals surface area (Å²) in [4.78, 5) is 15.0. The number of benzene rings is 1. The number of fused-ring (bicyclic) bond motifs is 3. The van der Waals surface area contributed by atoms with Gasteiger partial charge in [-0.15, -0.1) is 0 Å². The van der Waals surface area contributed by atoms with Crippen molar-refractivity contribution in [2.75, 3.05) is 20.2 Å². The lowest BCUT2D eigenvalue weighted by atomic mass is 9.53. The highest BCUT2D eigenvalue weighted by molar-refractivity contribution is 5.75. The van der Waals surface area contributed by atoms with Crippen LogP contribution < -0.4 is 0 Å². The summed E-state index contributed by atoms with van der Waals surface area (Å²) in [6, 6.07) is 10.5. The summed E-state index contributed by atoms with van der Waals surface area (Å²) < 4.78 is 11.9. The second kappa shape index (κ2) is 6.31. The lowest BCUT2D eigenvalue weighted by molar-refractivity contribution is -0.147. The van der Waals surface area contributed by atoms with Crippen LogP contribution in [0.5, 0.6) is 0 Å². The van der Waals surface area contributed by atoms with Crippen molar-refractivity contribution in [2.24, 2.45) is 23.2 Å². The summed E-state index contributed by atoms with van der Waals surface area (Å²) >= 11 is 0. The van der Waals surface area contributed by atoms with Gasteiger partial charge in [0.2, 0.25) is 0 Å². The molecule has 1 aromatic rings. The molecule has 2 heterocycles. The predicted molar refractivity (Wildman–Crippen MR) is 103 cm³/mol. The lowest BCUT2D eigenvalue weighted by Gasteiger charge is -2.51. The van der Waals surface area contributed by atoms with Gasteiger partial charge in [-0.05, 0) is 56.0 Å². The third kappa shape index (κ3) is 3.01. The molecule has 0 radical (unpaired) electrons. The van der Waals surface area contributed by atoms with E-state index in [1.54, 1.807) is 0 Å². The molecule has 0 amide bonds. The molecule has 2 saturated carbocycles. The number of epoxide rings is 1. The zero-order chi connectivity index (χ0) is 18.6. The van der Waals surface area contributed by atoms with Crippen LogP contribution in [0.4, 0.5) is 0 Å². The normalized spacial score (nSPS) is 42.7. The first-order valence-electron chi connectivity index (χ1n) is 10.6. The van der Waals surface area contributed by atoms with E-state index in [4.69, 9.17) is 9.47 Å². The number of esters is 1. The number of hydrogen-bond acceptors (Lipinski definition) is 4. The van der Waals surface area contributed by atoms with Crippen molar-refractivity contribution < 1.29 is 14.3 Å². The maximum absolute atomic E-state index is 12.7. The van der Waals surface area contributed by atoms with Gasteiger partial charge in [0.25, 0.3) is 0 Å². The molecule has 27 heavy (non-hydrogen) atoms. The highest BCUT2D eigenvalue weighted by Crippen LogP contribution is 2.62. The first kappa shape index (κ1) is 17.7. The van der Waals surface area contributed by atoms with Crippen molar-refractivity contribution in [1.29, 1.82) is 0 Å². The Balaban J connectivity index is 1.31. The Hall–Kier alpha value is -1.39. The Bertz CT molecular complexity index is 716.